The summed E-state index contributed by atoms with van der Waals surface area (Å²) < 4.78 is 5.75. The summed E-state index contributed by atoms with van der Waals surface area (Å²) in [5.41, 5.74) is 3.10. The second-order valence-electron chi connectivity index (χ2n) is 6.59. The number of thiocarbonyl (C=S) groups is 1. The molecular weight excluding hydrogens is 394 g/mol. The van der Waals surface area contributed by atoms with Crippen molar-refractivity contribution in [3.63, 3.8) is 0 Å². The largest absolute Gasteiger partial charge is 0.489 e. The Bertz CT molecular complexity index is 1170. The van der Waals surface area contributed by atoms with Crippen molar-refractivity contribution >= 4 is 39.8 Å². The summed E-state index contributed by atoms with van der Waals surface area (Å²) in [6.07, 6.45) is 1.72. The van der Waals surface area contributed by atoms with Gasteiger partial charge in [-0.2, -0.15) is 0 Å². The van der Waals surface area contributed by atoms with Crippen LogP contribution in [0.1, 0.15) is 15.9 Å². The number of ether oxygens (including phenoxy) is 1. The molecule has 5 nitrogen and oxygen atoms in total. The number of hydrogen-bond donors (Lipinski definition) is 2. The van der Waals surface area contributed by atoms with Gasteiger partial charge in [-0.25, -0.2) is 0 Å². The van der Waals surface area contributed by atoms with Crippen LogP contribution < -0.4 is 15.4 Å². The first-order chi connectivity index (χ1) is 14.7. The molecule has 0 spiro atoms. The average Bonchev–Trinajstić information content (AvgIpc) is 2.79. The zero-order valence-corrected chi connectivity index (χ0v) is 16.9. The van der Waals surface area contributed by atoms with Gasteiger partial charge in [-0.15, -0.1) is 0 Å². The van der Waals surface area contributed by atoms with Crippen molar-refractivity contribution in [1.82, 2.24) is 10.3 Å². The van der Waals surface area contributed by atoms with Gasteiger partial charge in [0.05, 0.1) is 11.2 Å². The summed E-state index contributed by atoms with van der Waals surface area (Å²) in [4.78, 5) is 16.9. The van der Waals surface area contributed by atoms with E-state index in [1.54, 1.807) is 30.5 Å². The van der Waals surface area contributed by atoms with Gasteiger partial charge in [-0.1, -0.05) is 48.5 Å². The molecule has 0 radical (unpaired) electrons. The third-order valence-electron chi connectivity index (χ3n) is 4.47. The van der Waals surface area contributed by atoms with E-state index in [1.165, 1.54) is 0 Å². The molecular formula is C24H19N3O2S. The molecule has 0 aliphatic carbocycles. The van der Waals surface area contributed by atoms with Crippen molar-refractivity contribution in [1.29, 1.82) is 0 Å². The Morgan fingerprint density at radius 1 is 0.900 bits per heavy atom. The second-order valence-corrected chi connectivity index (χ2v) is 7.00. The van der Waals surface area contributed by atoms with Crippen LogP contribution in [0.4, 0.5) is 5.69 Å². The minimum Gasteiger partial charge on any atom is -0.489 e. The molecule has 148 valence electrons. The third-order valence-corrected chi connectivity index (χ3v) is 4.68. The SMILES string of the molecule is O=C(NC(=S)Nc1cccc2cccnc12)c1ccc(OCc2ccccc2)cc1. The standard InChI is InChI=1S/C24H19N3O2S/c28-23(19-11-13-20(14-12-19)29-16-17-6-2-1-3-7-17)27-24(30)26-21-10-4-8-18-9-5-15-25-22(18)21/h1-15H,16H2,(H2,26,27,28,30). The maximum absolute atomic E-state index is 12.5. The number of pyridine rings is 1. The van der Waals surface area contributed by atoms with E-state index in [-0.39, 0.29) is 11.0 Å². The van der Waals surface area contributed by atoms with Crippen LogP contribution >= 0.6 is 12.2 Å². The maximum atomic E-state index is 12.5. The summed E-state index contributed by atoms with van der Waals surface area (Å²) in [5, 5.41) is 6.95. The quantitative estimate of drug-likeness (QED) is 0.454. The lowest BCUT2D eigenvalue weighted by atomic mass is 10.2. The first-order valence-corrected chi connectivity index (χ1v) is 9.83. The van der Waals surface area contributed by atoms with Gasteiger partial charge in [0.2, 0.25) is 0 Å². The number of carbonyl (C=O) groups excluding carboxylic acids is 1. The topological polar surface area (TPSA) is 63.2 Å². The van der Waals surface area contributed by atoms with Crippen molar-refractivity contribution in [3.8, 4) is 5.75 Å². The average molecular weight is 414 g/mol. The molecule has 0 saturated heterocycles. The van der Waals surface area contributed by atoms with Crippen molar-refractivity contribution in [3.05, 3.63) is 102 Å². The highest BCUT2D eigenvalue weighted by atomic mass is 32.1. The summed E-state index contributed by atoms with van der Waals surface area (Å²) in [7, 11) is 0. The monoisotopic (exact) mass is 413 g/mol. The number of anilines is 1. The zero-order valence-electron chi connectivity index (χ0n) is 16.0. The zero-order chi connectivity index (χ0) is 20.8. The first-order valence-electron chi connectivity index (χ1n) is 9.42. The van der Waals surface area contributed by atoms with Gasteiger partial charge in [-0.05, 0) is 54.2 Å². The van der Waals surface area contributed by atoms with Gasteiger partial charge >= 0.3 is 0 Å². The fraction of sp³-hybridized carbons (Fsp3) is 0.0417. The second kappa shape index (κ2) is 9.15. The fourth-order valence-corrected chi connectivity index (χ4v) is 3.18. The summed E-state index contributed by atoms with van der Waals surface area (Å²) >= 11 is 5.30. The molecule has 1 amide bonds. The predicted molar refractivity (Wildman–Crippen MR) is 123 cm³/mol. The highest BCUT2D eigenvalue weighted by molar-refractivity contribution is 7.80. The number of para-hydroxylation sites is 1. The fourth-order valence-electron chi connectivity index (χ4n) is 2.98. The van der Waals surface area contributed by atoms with Crippen molar-refractivity contribution in [2.45, 2.75) is 6.61 Å². The van der Waals surface area contributed by atoms with Crippen LogP contribution in [-0.4, -0.2) is 16.0 Å². The molecule has 0 saturated carbocycles. The molecule has 1 aromatic heterocycles. The van der Waals surface area contributed by atoms with Gasteiger partial charge in [0.25, 0.3) is 5.91 Å². The van der Waals surface area contributed by atoms with Crippen LogP contribution in [0.15, 0.2) is 91.1 Å². The van der Waals surface area contributed by atoms with Gasteiger partial charge in [-0.3, -0.25) is 15.1 Å². The Hall–Kier alpha value is -3.77. The number of rotatable bonds is 5. The Morgan fingerprint density at radius 2 is 1.67 bits per heavy atom. The normalized spacial score (nSPS) is 10.4. The van der Waals surface area contributed by atoms with E-state index in [1.807, 2.05) is 60.7 Å². The Balaban J connectivity index is 1.35. The third kappa shape index (κ3) is 4.79. The number of nitrogens with zero attached hydrogens (tertiary/aromatic N) is 1. The highest BCUT2D eigenvalue weighted by Crippen LogP contribution is 2.20. The first kappa shape index (κ1) is 19.5. The van der Waals surface area contributed by atoms with Crippen LogP contribution in [-0.2, 0) is 6.61 Å². The molecule has 0 atom stereocenters. The summed E-state index contributed by atoms with van der Waals surface area (Å²) in [5.74, 6) is 0.397. The molecule has 4 rings (SSSR count). The molecule has 2 N–H and O–H groups in total. The van der Waals surface area contributed by atoms with Crippen LogP contribution in [0.25, 0.3) is 10.9 Å². The molecule has 0 unspecified atom stereocenters. The predicted octanol–water partition coefficient (Wildman–Crippen LogP) is 4.94. The summed E-state index contributed by atoms with van der Waals surface area (Å²) in [6.45, 7) is 0.472. The number of nitrogens with one attached hydrogen (secondary N) is 2. The van der Waals surface area contributed by atoms with Crippen molar-refractivity contribution in [2.24, 2.45) is 0 Å². The molecule has 0 aliphatic heterocycles. The molecule has 4 aromatic rings. The van der Waals surface area contributed by atoms with Gasteiger partial charge < -0.3 is 10.1 Å². The minimum absolute atomic E-state index is 0.211. The van der Waals surface area contributed by atoms with Crippen LogP contribution in [0.3, 0.4) is 0 Å². The Morgan fingerprint density at radius 3 is 2.47 bits per heavy atom. The molecule has 30 heavy (non-hydrogen) atoms. The van der Waals surface area contributed by atoms with Gasteiger partial charge in [0.1, 0.15) is 12.4 Å². The number of fused-ring (bicyclic) bond motifs is 1. The molecule has 0 fully saturated rings. The van der Waals surface area contributed by atoms with E-state index in [0.29, 0.717) is 17.9 Å². The molecule has 1 heterocycles. The molecule has 6 heteroatoms. The van der Waals surface area contributed by atoms with Crippen LogP contribution in [0.2, 0.25) is 0 Å². The van der Waals surface area contributed by atoms with E-state index < -0.39 is 0 Å². The van der Waals surface area contributed by atoms with Crippen LogP contribution in [0, 0.1) is 0 Å². The van der Waals surface area contributed by atoms with E-state index >= 15 is 0 Å². The van der Waals surface area contributed by atoms with E-state index in [0.717, 1.165) is 22.2 Å². The Kier molecular flexibility index (Phi) is 5.96. The van der Waals surface area contributed by atoms with Gasteiger partial charge in [0, 0.05) is 17.1 Å². The number of carbonyl (C=O) groups is 1. The number of amides is 1. The lowest BCUT2D eigenvalue weighted by Crippen LogP contribution is -2.34. The summed E-state index contributed by atoms with van der Waals surface area (Å²) in [6, 6.07) is 26.4. The minimum atomic E-state index is -0.296. The smallest absolute Gasteiger partial charge is 0.257 e. The molecule has 0 bridgehead atoms. The highest BCUT2D eigenvalue weighted by Gasteiger charge is 2.10. The number of benzene rings is 3. The van der Waals surface area contributed by atoms with E-state index in [2.05, 4.69) is 15.6 Å². The van der Waals surface area contributed by atoms with E-state index in [4.69, 9.17) is 17.0 Å². The molecule has 0 aliphatic rings. The van der Waals surface area contributed by atoms with Crippen LogP contribution in [0.5, 0.6) is 5.75 Å². The lowest BCUT2D eigenvalue weighted by molar-refractivity contribution is 0.0977. The van der Waals surface area contributed by atoms with Gasteiger partial charge in [0.15, 0.2) is 5.11 Å². The number of aromatic nitrogens is 1. The van der Waals surface area contributed by atoms with Crippen molar-refractivity contribution in [2.75, 3.05) is 5.32 Å². The van der Waals surface area contributed by atoms with E-state index in [9.17, 15) is 4.79 Å². The van der Waals surface area contributed by atoms with Crippen molar-refractivity contribution < 1.29 is 9.53 Å². The lowest BCUT2D eigenvalue weighted by Gasteiger charge is -2.12. The molecule has 3 aromatic carbocycles. The number of hydrogen-bond acceptors (Lipinski definition) is 4. The Labute approximate surface area is 179 Å². The maximum Gasteiger partial charge on any atom is 0.257 e.